The standard InChI is InChI=1S/C24H22F2/c1-2-3-16-4-6-19(7-5-16)21-14-15-22(24(26)23(21)25)20-12-10-18(11-13-20)17-8-9-17/h4-7,10-15,17H,2-3,8-9H2,1H3. The van der Waals surface area contributed by atoms with Gasteiger partial charge in [0.2, 0.25) is 0 Å². The van der Waals surface area contributed by atoms with Crippen molar-refractivity contribution in [2.45, 2.75) is 38.5 Å². The largest absolute Gasteiger partial charge is 0.203 e. The average Bonchev–Trinajstić information content (AvgIpc) is 3.51. The van der Waals surface area contributed by atoms with Gasteiger partial charge in [0.05, 0.1) is 0 Å². The van der Waals surface area contributed by atoms with Gasteiger partial charge in [-0.25, -0.2) is 8.78 Å². The first kappa shape index (κ1) is 17.0. The summed E-state index contributed by atoms with van der Waals surface area (Å²) in [4.78, 5) is 0. The Kier molecular flexibility index (Phi) is 4.58. The smallest absolute Gasteiger partial charge is 0.167 e. The molecule has 0 heterocycles. The predicted octanol–water partition coefficient (Wildman–Crippen LogP) is 7.13. The van der Waals surface area contributed by atoms with Crippen molar-refractivity contribution < 1.29 is 8.78 Å². The van der Waals surface area contributed by atoms with E-state index in [0.717, 1.165) is 18.4 Å². The van der Waals surface area contributed by atoms with Crippen molar-refractivity contribution in [1.29, 1.82) is 0 Å². The van der Waals surface area contributed by atoms with E-state index in [2.05, 4.69) is 6.92 Å². The maximum Gasteiger partial charge on any atom is 0.167 e. The van der Waals surface area contributed by atoms with E-state index in [4.69, 9.17) is 0 Å². The first-order valence-corrected chi connectivity index (χ1v) is 9.35. The minimum absolute atomic E-state index is 0.309. The van der Waals surface area contributed by atoms with Gasteiger partial charge in [-0.3, -0.25) is 0 Å². The van der Waals surface area contributed by atoms with Gasteiger partial charge in [-0.05, 0) is 47.4 Å². The van der Waals surface area contributed by atoms with Gasteiger partial charge in [0.1, 0.15) is 0 Å². The van der Waals surface area contributed by atoms with Crippen LogP contribution < -0.4 is 0 Å². The molecule has 1 saturated carbocycles. The molecule has 1 aliphatic carbocycles. The maximum absolute atomic E-state index is 14.7. The molecule has 132 valence electrons. The summed E-state index contributed by atoms with van der Waals surface area (Å²) in [5, 5.41) is 0. The van der Waals surface area contributed by atoms with Crippen LogP contribution in [0.1, 0.15) is 43.2 Å². The molecule has 1 fully saturated rings. The minimum Gasteiger partial charge on any atom is -0.203 e. The van der Waals surface area contributed by atoms with Crippen LogP contribution in [0, 0.1) is 11.6 Å². The van der Waals surface area contributed by atoms with E-state index < -0.39 is 11.6 Å². The lowest BCUT2D eigenvalue weighted by molar-refractivity contribution is 0.514. The highest BCUT2D eigenvalue weighted by Gasteiger charge is 2.23. The molecular weight excluding hydrogens is 326 g/mol. The Morgan fingerprint density at radius 2 is 1.23 bits per heavy atom. The van der Waals surface area contributed by atoms with Gasteiger partial charge in [0.15, 0.2) is 11.6 Å². The molecule has 2 heteroatoms. The van der Waals surface area contributed by atoms with Crippen LogP contribution in [-0.2, 0) is 6.42 Å². The summed E-state index contributed by atoms with van der Waals surface area (Å²) in [6.45, 7) is 2.12. The Balaban J connectivity index is 1.65. The molecule has 0 saturated heterocycles. The van der Waals surface area contributed by atoms with Crippen molar-refractivity contribution in [3.63, 3.8) is 0 Å². The Hall–Kier alpha value is -2.48. The Bertz CT molecular complexity index is 904. The van der Waals surface area contributed by atoms with Crippen LogP contribution >= 0.6 is 0 Å². The van der Waals surface area contributed by atoms with E-state index in [1.165, 1.54) is 24.0 Å². The highest BCUT2D eigenvalue weighted by atomic mass is 19.2. The molecule has 0 radical (unpaired) electrons. The minimum atomic E-state index is -0.781. The lowest BCUT2D eigenvalue weighted by atomic mass is 9.97. The molecule has 0 N–H and O–H groups in total. The zero-order valence-corrected chi connectivity index (χ0v) is 14.9. The summed E-state index contributed by atoms with van der Waals surface area (Å²) < 4.78 is 29.5. The number of aryl methyl sites for hydroxylation is 1. The molecule has 0 aliphatic heterocycles. The number of benzene rings is 3. The number of hydrogen-bond donors (Lipinski definition) is 0. The Morgan fingerprint density at radius 1 is 0.731 bits per heavy atom. The normalized spacial score (nSPS) is 13.8. The zero-order chi connectivity index (χ0) is 18.1. The van der Waals surface area contributed by atoms with Crippen LogP contribution in [0.5, 0.6) is 0 Å². The SMILES string of the molecule is CCCc1ccc(-c2ccc(-c3ccc(C4CC4)cc3)c(F)c2F)cc1. The molecule has 0 aromatic heterocycles. The van der Waals surface area contributed by atoms with Gasteiger partial charge in [-0.15, -0.1) is 0 Å². The molecule has 0 bridgehead atoms. The summed E-state index contributed by atoms with van der Waals surface area (Å²) >= 11 is 0. The molecule has 0 amide bonds. The molecule has 26 heavy (non-hydrogen) atoms. The van der Waals surface area contributed by atoms with Gasteiger partial charge in [-0.2, -0.15) is 0 Å². The third-order valence-electron chi connectivity index (χ3n) is 5.16. The summed E-state index contributed by atoms with van der Waals surface area (Å²) in [6.07, 6.45) is 4.52. The molecule has 3 aromatic rings. The van der Waals surface area contributed by atoms with E-state index >= 15 is 0 Å². The van der Waals surface area contributed by atoms with Crippen LogP contribution in [0.3, 0.4) is 0 Å². The van der Waals surface area contributed by atoms with Gasteiger partial charge in [0, 0.05) is 11.1 Å². The molecule has 0 spiro atoms. The van der Waals surface area contributed by atoms with Gasteiger partial charge < -0.3 is 0 Å². The Morgan fingerprint density at radius 3 is 1.69 bits per heavy atom. The van der Waals surface area contributed by atoms with Gasteiger partial charge in [0.25, 0.3) is 0 Å². The first-order valence-electron chi connectivity index (χ1n) is 9.35. The Labute approximate surface area is 153 Å². The molecule has 3 aromatic carbocycles. The second-order valence-corrected chi connectivity index (χ2v) is 7.13. The molecule has 0 unspecified atom stereocenters. The molecule has 1 aliphatic rings. The second kappa shape index (κ2) is 7.03. The zero-order valence-electron chi connectivity index (χ0n) is 14.9. The van der Waals surface area contributed by atoms with Crippen LogP contribution in [0.4, 0.5) is 8.78 Å². The molecule has 4 rings (SSSR count). The quantitative estimate of drug-likeness (QED) is 0.460. The molecule has 0 atom stereocenters. The predicted molar refractivity (Wildman–Crippen MR) is 103 cm³/mol. The van der Waals surface area contributed by atoms with E-state index in [1.807, 2.05) is 48.5 Å². The molecule has 0 nitrogen and oxygen atoms in total. The fraction of sp³-hybridized carbons (Fsp3) is 0.250. The first-order chi connectivity index (χ1) is 12.7. The fourth-order valence-corrected chi connectivity index (χ4v) is 3.49. The highest BCUT2D eigenvalue weighted by molar-refractivity contribution is 5.72. The molecular formula is C24H22F2. The van der Waals surface area contributed by atoms with Crippen molar-refractivity contribution in [3.8, 4) is 22.3 Å². The van der Waals surface area contributed by atoms with E-state index in [9.17, 15) is 8.78 Å². The lowest BCUT2D eigenvalue weighted by Crippen LogP contribution is -1.94. The van der Waals surface area contributed by atoms with Crippen molar-refractivity contribution in [2.75, 3.05) is 0 Å². The second-order valence-electron chi connectivity index (χ2n) is 7.13. The van der Waals surface area contributed by atoms with Gasteiger partial charge in [-0.1, -0.05) is 74.0 Å². The van der Waals surface area contributed by atoms with E-state index in [-0.39, 0.29) is 0 Å². The third kappa shape index (κ3) is 3.29. The van der Waals surface area contributed by atoms with Crippen LogP contribution in [0.15, 0.2) is 60.7 Å². The number of hydrogen-bond acceptors (Lipinski definition) is 0. The number of halogens is 2. The topological polar surface area (TPSA) is 0 Å². The van der Waals surface area contributed by atoms with Crippen molar-refractivity contribution in [1.82, 2.24) is 0 Å². The highest BCUT2D eigenvalue weighted by Crippen LogP contribution is 2.40. The average molecular weight is 348 g/mol. The fourth-order valence-electron chi connectivity index (χ4n) is 3.49. The monoisotopic (exact) mass is 348 g/mol. The van der Waals surface area contributed by atoms with Crippen LogP contribution in [0.2, 0.25) is 0 Å². The third-order valence-corrected chi connectivity index (χ3v) is 5.16. The van der Waals surface area contributed by atoms with Crippen molar-refractivity contribution in [2.24, 2.45) is 0 Å². The summed E-state index contributed by atoms with van der Waals surface area (Å²) in [5.74, 6) is -0.903. The van der Waals surface area contributed by atoms with E-state index in [0.29, 0.717) is 22.6 Å². The van der Waals surface area contributed by atoms with Gasteiger partial charge >= 0.3 is 0 Å². The van der Waals surface area contributed by atoms with Crippen LogP contribution in [-0.4, -0.2) is 0 Å². The summed E-state index contributed by atoms with van der Waals surface area (Å²) in [5.41, 5.74) is 4.55. The van der Waals surface area contributed by atoms with E-state index in [1.54, 1.807) is 12.1 Å². The van der Waals surface area contributed by atoms with Crippen LogP contribution in [0.25, 0.3) is 22.3 Å². The summed E-state index contributed by atoms with van der Waals surface area (Å²) in [6, 6.07) is 18.9. The maximum atomic E-state index is 14.7. The van der Waals surface area contributed by atoms with Crippen molar-refractivity contribution in [3.05, 3.63) is 83.4 Å². The lowest BCUT2D eigenvalue weighted by Gasteiger charge is -2.10. The summed E-state index contributed by atoms with van der Waals surface area (Å²) in [7, 11) is 0. The van der Waals surface area contributed by atoms with Crippen molar-refractivity contribution >= 4 is 0 Å². The number of rotatable bonds is 5.